The topological polar surface area (TPSA) is 66.5 Å². The molecule has 2 amide bonds. The molecule has 0 spiro atoms. The Balaban J connectivity index is 1.20. The summed E-state index contributed by atoms with van der Waals surface area (Å²) in [6, 6.07) is 3.84. The summed E-state index contributed by atoms with van der Waals surface area (Å²) in [5.74, 6) is 3.43. The first-order valence-electron chi connectivity index (χ1n) is 10.1. The van der Waals surface area contributed by atoms with Gasteiger partial charge in [0.1, 0.15) is 5.82 Å². The fourth-order valence-electron chi connectivity index (χ4n) is 6.11. The number of carbonyl (C=O) groups is 1. The number of nitrogens with one attached hydrogen (secondary N) is 2. The van der Waals surface area contributed by atoms with E-state index in [1.807, 2.05) is 12.1 Å². The number of ether oxygens (including phenoxy) is 1. The smallest absolute Gasteiger partial charge is 0.319 e. The predicted octanol–water partition coefficient (Wildman–Crippen LogP) is 3.01. The fourth-order valence-corrected chi connectivity index (χ4v) is 6.11. The van der Waals surface area contributed by atoms with Crippen LogP contribution in [0.3, 0.4) is 0 Å². The van der Waals surface area contributed by atoms with Crippen LogP contribution in [-0.4, -0.2) is 42.9 Å². The van der Waals surface area contributed by atoms with Gasteiger partial charge >= 0.3 is 6.03 Å². The van der Waals surface area contributed by atoms with Gasteiger partial charge in [-0.25, -0.2) is 9.78 Å². The highest BCUT2D eigenvalue weighted by Crippen LogP contribution is 2.55. The summed E-state index contributed by atoms with van der Waals surface area (Å²) in [5, 5.41) is 6.34. The lowest BCUT2D eigenvalue weighted by Gasteiger charge is -2.56. The summed E-state index contributed by atoms with van der Waals surface area (Å²) in [7, 11) is 0. The Hall–Kier alpha value is -1.82. The molecule has 0 radical (unpaired) electrons. The van der Waals surface area contributed by atoms with E-state index >= 15 is 0 Å². The van der Waals surface area contributed by atoms with E-state index in [-0.39, 0.29) is 11.6 Å². The van der Waals surface area contributed by atoms with Crippen molar-refractivity contribution in [1.29, 1.82) is 0 Å². The number of pyridine rings is 1. The van der Waals surface area contributed by atoms with Crippen LogP contribution in [0.1, 0.15) is 38.5 Å². The number of carbonyl (C=O) groups excluding carboxylic acids is 1. The lowest BCUT2D eigenvalue weighted by atomic mass is 9.53. The number of aromatic nitrogens is 1. The van der Waals surface area contributed by atoms with Gasteiger partial charge in [0.05, 0.1) is 25.1 Å². The molecule has 5 fully saturated rings. The molecular formula is C20H28N4O2. The second-order valence-corrected chi connectivity index (χ2v) is 8.78. The predicted molar refractivity (Wildman–Crippen MR) is 100 cm³/mol. The Labute approximate surface area is 154 Å². The molecule has 2 N–H and O–H groups in total. The zero-order chi connectivity index (χ0) is 17.6. The summed E-state index contributed by atoms with van der Waals surface area (Å²) >= 11 is 0. The van der Waals surface area contributed by atoms with E-state index in [1.54, 1.807) is 6.20 Å². The minimum absolute atomic E-state index is 0.0417. The van der Waals surface area contributed by atoms with Gasteiger partial charge in [-0.3, -0.25) is 0 Å². The second-order valence-electron chi connectivity index (χ2n) is 8.78. The van der Waals surface area contributed by atoms with Crippen molar-refractivity contribution in [3.63, 3.8) is 0 Å². The van der Waals surface area contributed by atoms with Gasteiger partial charge in [0.2, 0.25) is 0 Å². The molecule has 1 aromatic rings. The van der Waals surface area contributed by atoms with Gasteiger partial charge in [-0.05, 0) is 68.4 Å². The lowest BCUT2D eigenvalue weighted by Crippen LogP contribution is -2.60. The van der Waals surface area contributed by atoms with E-state index in [4.69, 9.17) is 4.74 Å². The summed E-state index contributed by atoms with van der Waals surface area (Å²) in [5.41, 5.74) is 0.796. The highest BCUT2D eigenvalue weighted by Gasteiger charge is 2.51. The molecule has 6 heteroatoms. The molecule has 0 atom stereocenters. The van der Waals surface area contributed by atoms with Gasteiger partial charge in [0, 0.05) is 18.6 Å². The van der Waals surface area contributed by atoms with E-state index in [9.17, 15) is 4.79 Å². The van der Waals surface area contributed by atoms with Gasteiger partial charge in [0.25, 0.3) is 0 Å². The van der Waals surface area contributed by atoms with Crippen molar-refractivity contribution < 1.29 is 9.53 Å². The first-order chi connectivity index (χ1) is 12.7. The maximum Gasteiger partial charge on any atom is 0.319 e. The number of rotatable bonds is 3. The molecule has 1 saturated heterocycles. The van der Waals surface area contributed by atoms with Crippen LogP contribution in [0.2, 0.25) is 0 Å². The third-order valence-corrected chi connectivity index (χ3v) is 6.76. The Morgan fingerprint density at radius 3 is 2.31 bits per heavy atom. The molecule has 4 saturated carbocycles. The molecular weight excluding hydrogens is 328 g/mol. The van der Waals surface area contributed by atoms with Crippen molar-refractivity contribution in [3.05, 3.63) is 18.3 Å². The number of hydrogen-bond acceptors (Lipinski definition) is 4. The average molecular weight is 356 g/mol. The Morgan fingerprint density at radius 1 is 1.08 bits per heavy atom. The SMILES string of the molecule is O=C(Nc1ccc(N2CCOCC2)nc1)NC12CC3CC(CC(C3)C1)C2. The first kappa shape index (κ1) is 16.4. The largest absolute Gasteiger partial charge is 0.378 e. The zero-order valence-corrected chi connectivity index (χ0v) is 15.2. The molecule has 4 bridgehead atoms. The monoisotopic (exact) mass is 356 g/mol. The molecule has 1 aromatic heterocycles. The number of nitrogens with zero attached hydrogens (tertiary/aromatic N) is 2. The summed E-state index contributed by atoms with van der Waals surface area (Å²) in [4.78, 5) is 19.3. The minimum atomic E-state index is -0.0760. The van der Waals surface area contributed by atoms with Crippen molar-refractivity contribution in [3.8, 4) is 0 Å². The maximum absolute atomic E-state index is 12.6. The Kier molecular flexibility index (Phi) is 4.03. The molecule has 6 rings (SSSR count). The molecule has 4 aliphatic carbocycles. The number of anilines is 2. The van der Waals surface area contributed by atoms with E-state index in [0.29, 0.717) is 0 Å². The van der Waals surface area contributed by atoms with Gasteiger partial charge in [-0.2, -0.15) is 0 Å². The highest BCUT2D eigenvalue weighted by molar-refractivity contribution is 5.89. The Bertz CT molecular complexity index is 634. The van der Waals surface area contributed by atoms with Crippen LogP contribution in [0.5, 0.6) is 0 Å². The molecule has 6 nitrogen and oxygen atoms in total. The van der Waals surface area contributed by atoms with Gasteiger partial charge in [-0.1, -0.05) is 0 Å². The van der Waals surface area contributed by atoms with Crippen LogP contribution in [0.4, 0.5) is 16.3 Å². The van der Waals surface area contributed by atoms with E-state index in [0.717, 1.165) is 55.6 Å². The first-order valence-corrected chi connectivity index (χ1v) is 10.1. The molecule has 5 aliphatic rings. The van der Waals surface area contributed by atoms with Crippen molar-refractivity contribution >= 4 is 17.5 Å². The zero-order valence-electron chi connectivity index (χ0n) is 15.2. The molecule has 140 valence electrons. The van der Waals surface area contributed by atoms with E-state index in [2.05, 4.69) is 20.5 Å². The van der Waals surface area contributed by atoms with Gasteiger partial charge in [0.15, 0.2) is 0 Å². The van der Waals surface area contributed by atoms with E-state index < -0.39 is 0 Å². The number of hydrogen-bond donors (Lipinski definition) is 2. The second kappa shape index (κ2) is 6.41. The standard InChI is InChI=1S/C20H28N4O2/c25-19(23-20-10-14-7-15(11-20)9-16(8-14)12-20)22-17-1-2-18(21-13-17)24-3-5-26-6-4-24/h1-2,13-16H,3-12H2,(H2,22,23,25). The van der Waals surface area contributed by atoms with Crippen LogP contribution in [-0.2, 0) is 4.74 Å². The molecule has 26 heavy (non-hydrogen) atoms. The van der Waals surface area contributed by atoms with Crippen LogP contribution >= 0.6 is 0 Å². The molecule has 0 unspecified atom stereocenters. The van der Waals surface area contributed by atoms with Crippen LogP contribution < -0.4 is 15.5 Å². The normalized spacial score (nSPS) is 35.4. The number of amides is 2. The average Bonchev–Trinajstić information content (AvgIpc) is 2.61. The third kappa shape index (κ3) is 3.15. The van der Waals surface area contributed by atoms with Crippen LogP contribution in [0, 0.1) is 17.8 Å². The van der Waals surface area contributed by atoms with Crippen LogP contribution in [0.15, 0.2) is 18.3 Å². The van der Waals surface area contributed by atoms with E-state index in [1.165, 1.54) is 38.5 Å². The van der Waals surface area contributed by atoms with Crippen molar-refractivity contribution in [2.24, 2.45) is 17.8 Å². The number of morpholine rings is 1. The van der Waals surface area contributed by atoms with Gasteiger partial charge in [-0.15, -0.1) is 0 Å². The molecule has 2 heterocycles. The minimum Gasteiger partial charge on any atom is -0.378 e. The third-order valence-electron chi connectivity index (χ3n) is 6.76. The Morgan fingerprint density at radius 2 is 1.73 bits per heavy atom. The lowest BCUT2D eigenvalue weighted by molar-refractivity contribution is -0.0127. The summed E-state index contributed by atoms with van der Waals surface area (Å²) in [6.45, 7) is 3.23. The summed E-state index contributed by atoms with van der Waals surface area (Å²) < 4.78 is 5.38. The van der Waals surface area contributed by atoms with Crippen molar-refractivity contribution in [1.82, 2.24) is 10.3 Å². The van der Waals surface area contributed by atoms with Gasteiger partial charge < -0.3 is 20.3 Å². The number of urea groups is 1. The van der Waals surface area contributed by atoms with Crippen molar-refractivity contribution in [2.75, 3.05) is 36.5 Å². The fraction of sp³-hybridized carbons (Fsp3) is 0.700. The molecule has 0 aromatic carbocycles. The van der Waals surface area contributed by atoms with Crippen LogP contribution in [0.25, 0.3) is 0 Å². The quantitative estimate of drug-likeness (QED) is 0.874. The highest BCUT2D eigenvalue weighted by atomic mass is 16.5. The molecule has 1 aliphatic heterocycles. The van der Waals surface area contributed by atoms with Crippen molar-refractivity contribution in [2.45, 2.75) is 44.1 Å². The maximum atomic E-state index is 12.6. The summed E-state index contributed by atoms with van der Waals surface area (Å²) in [6.07, 6.45) is 9.41.